The number of carbonyl (C=O) groups excluding carboxylic acids is 1. The summed E-state index contributed by atoms with van der Waals surface area (Å²) in [4.78, 5) is 12.6. The number of benzene rings is 2. The molecule has 28 heavy (non-hydrogen) atoms. The number of nitrogens with one attached hydrogen (secondary N) is 2. The van der Waals surface area contributed by atoms with E-state index in [4.69, 9.17) is 4.74 Å². The quantitative estimate of drug-likeness (QED) is 0.512. The van der Waals surface area contributed by atoms with Crippen LogP contribution in [0.25, 0.3) is 11.3 Å². The Bertz CT molecular complexity index is 881. The molecule has 1 heterocycles. The minimum absolute atomic E-state index is 0.0923. The van der Waals surface area contributed by atoms with E-state index in [1.54, 1.807) is 11.8 Å². The highest BCUT2D eigenvalue weighted by molar-refractivity contribution is 7.98. The second kappa shape index (κ2) is 9.96. The number of para-hydroxylation sites is 1. The third-order valence-electron chi connectivity index (χ3n) is 4.23. The van der Waals surface area contributed by atoms with Gasteiger partial charge in [0.15, 0.2) is 0 Å². The van der Waals surface area contributed by atoms with Gasteiger partial charge in [0, 0.05) is 5.56 Å². The van der Waals surface area contributed by atoms with E-state index in [1.807, 2.05) is 60.9 Å². The molecule has 2 aromatic carbocycles. The van der Waals surface area contributed by atoms with Gasteiger partial charge in [-0.15, -0.1) is 0 Å². The summed E-state index contributed by atoms with van der Waals surface area (Å²) in [5.74, 6) is 2.08. The smallest absolute Gasteiger partial charge is 0.255 e. The summed E-state index contributed by atoms with van der Waals surface area (Å²) in [7, 11) is 0. The molecule has 3 aromatic rings. The van der Waals surface area contributed by atoms with E-state index >= 15 is 0 Å². The normalized spacial score (nSPS) is 11.8. The van der Waals surface area contributed by atoms with Crippen LogP contribution in [0.5, 0.6) is 11.5 Å². The maximum Gasteiger partial charge on any atom is 0.255 e. The molecule has 7 heteroatoms. The van der Waals surface area contributed by atoms with Crippen LogP contribution in [0.2, 0.25) is 0 Å². The number of aromatic nitrogens is 2. The third kappa shape index (κ3) is 5.15. The van der Waals surface area contributed by atoms with E-state index in [9.17, 15) is 9.90 Å². The van der Waals surface area contributed by atoms with Gasteiger partial charge in [-0.1, -0.05) is 18.2 Å². The second-order valence-electron chi connectivity index (χ2n) is 6.23. The zero-order chi connectivity index (χ0) is 19.8. The first-order chi connectivity index (χ1) is 13.7. The molecule has 1 amide bonds. The van der Waals surface area contributed by atoms with Gasteiger partial charge in [-0.2, -0.15) is 16.9 Å². The van der Waals surface area contributed by atoms with Crippen LogP contribution in [0.1, 0.15) is 16.8 Å². The minimum atomic E-state index is -0.274. The van der Waals surface area contributed by atoms with E-state index in [1.165, 1.54) is 6.20 Å². The lowest BCUT2D eigenvalue weighted by Gasteiger charge is -2.15. The molecule has 0 bridgehead atoms. The molecule has 0 radical (unpaired) electrons. The van der Waals surface area contributed by atoms with Gasteiger partial charge >= 0.3 is 0 Å². The Hall–Kier alpha value is -2.77. The molecule has 0 aliphatic carbocycles. The lowest BCUT2D eigenvalue weighted by molar-refractivity contribution is 0.0916. The molecule has 1 unspecified atom stereocenters. The molecule has 1 atom stereocenters. The molecule has 0 fully saturated rings. The highest BCUT2D eigenvalue weighted by atomic mass is 32.2. The van der Waals surface area contributed by atoms with Crippen molar-refractivity contribution in [3.05, 3.63) is 66.4 Å². The van der Waals surface area contributed by atoms with Crippen molar-refractivity contribution in [1.82, 2.24) is 15.5 Å². The van der Waals surface area contributed by atoms with Crippen LogP contribution in [-0.2, 0) is 0 Å². The topological polar surface area (TPSA) is 87.2 Å². The Morgan fingerprint density at radius 2 is 1.89 bits per heavy atom. The first-order valence-corrected chi connectivity index (χ1v) is 10.4. The number of hydrogen-bond donors (Lipinski definition) is 3. The monoisotopic (exact) mass is 397 g/mol. The summed E-state index contributed by atoms with van der Waals surface area (Å²) in [6, 6.07) is 16.7. The molecular weight excluding hydrogens is 374 g/mol. The first-order valence-electron chi connectivity index (χ1n) is 8.98. The van der Waals surface area contributed by atoms with E-state index in [0.29, 0.717) is 23.4 Å². The molecule has 3 N–H and O–H groups in total. The van der Waals surface area contributed by atoms with Crippen LogP contribution < -0.4 is 10.1 Å². The van der Waals surface area contributed by atoms with Crippen LogP contribution >= 0.6 is 11.8 Å². The fraction of sp³-hybridized carbons (Fsp3) is 0.238. The predicted octanol–water partition coefficient (Wildman–Crippen LogP) is 3.71. The van der Waals surface area contributed by atoms with Crippen LogP contribution in [0.4, 0.5) is 0 Å². The third-order valence-corrected chi connectivity index (χ3v) is 4.88. The van der Waals surface area contributed by atoms with Crippen LogP contribution in [0.15, 0.2) is 60.8 Å². The van der Waals surface area contributed by atoms with Crippen molar-refractivity contribution in [3.63, 3.8) is 0 Å². The van der Waals surface area contributed by atoms with Crippen LogP contribution in [0.3, 0.4) is 0 Å². The van der Waals surface area contributed by atoms with Crippen molar-refractivity contribution in [2.45, 2.75) is 12.5 Å². The summed E-state index contributed by atoms with van der Waals surface area (Å²) >= 11 is 1.68. The summed E-state index contributed by atoms with van der Waals surface area (Å²) in [5, 5.41) is 19.3. The number of nitrogens with zero attached hydrogens (tertiary/aromatic N) is 1. The number of ether oxygens (including phenoxy) is 1. The summed E-state index contributed by atoms with van der Waals surface area (Å²) in [5.41, 5.74) is 1.90. The number of amides is 1. The van der Waals surface area contributed by atoms with Crippen LogP contribution in [-0.4, -0.2) is 45.9 Å². The Morgan fingerprint density at radius 1 is 1.18 bits per heavy atom. The zero-order valence-corrected chi connectivity index (χ0v) is 16.4. The number of aliphatic hydroxyl groups excluding tert-OH is 1. The van der Waals surface area contributed by atoms with Gasteiger partial charge in [0.25, 0.3) is 5.91 Å². The highest BCUT2D eigenvalue weighted by Gasteiger charge is 2.18. The van der Waals surface area contributed by atoms with Gasteiger partial charge < -0.3 is 15.2 Å². The lowest BCUT2D eigenvalue weighted by atomic mass is 10.1. The molecule has 6 nitrogen and oxygen atoms in total. The number of carbonyl (C=O) groups is 1. The number of hydrogen-bond acceptors (Lipinski definition) is 5. The molecule has 0 saturated heterocycles. The fourth-order valence-corrected chi connectivity index (χ4v) is 3.25. The predicted molar refractivity (Wildman–Crippen MR) is 112 cm³/mol. The Balaban J connectivity index is 1.71. The van der Waals surface area contributed by atoms with E-state index in [2.05, 4.69) is 15.5 Å². The Morgan fingerprint density at radius 3 is 2.57 bits per heavy atom. The summed E-state index contributed by atoms with van der Waals surface area (Å²) in [6.07, 6.45) is 4.21. The lowest BCUT2D eigenvalue weighted by Crippen LogP contribution is -2.38. The fourth-order valence-electron chi connectivity index (χ4n) is 2.72. The maximum atomic E-state index is 12.6. The standard InChI is InChI=1S/C21H23N3O3S/c1-28-12-11-16(14-25)23-21(26)19-13-22-24-20(19)15-7-9-18(10-8-15)27-17-5-3-2-4-6-17/h2-10,13,16,25H,11-12,14H2,1H3,(H,22,24)(H,23,26). The van der Waals surface area contributed by atoms with Crippen LogP contribution in [0, 0.1) is 0 Å². The molecule has 0 aliphatic rings. The van der Waals surface area contributed by atoms with E-state index < -0.39 is 0 Å². The molecule has 0 aliphatic heterocycles. The van der Waals surface area contributed by atoms with Crippen molar-refractivity contribution in [1.29, 1.82) is 0 Å². The van der Waals surface area contributed by atoms with Gasteiger partial charge in [-0.05, 0) is 54.8 Å². The number of aliphatic hydroxyl groups is 1. The molecule has 3 rings (SSSR count). The summed E-state index contributed by atoms with van der Waals surface area (Å²) < 4.78 is 5.80. The molecule has 0 saturated carbocycles. The number of rotatable bonds is 9. The van der Waals surface area contributed by atoms with Gasteiger partial charge in [0.05, 0.1) is 30.1 Å². The van der Waals surface area contributed by atoms with Crippen molar-refractivity contribution in [3.8, 4) is 22.8 Å². The van der Waals surface area contributed by atoms with E-state index in [-0.39, 0.29) is 18.6 Å². The maximum absolute atomic E-state index is 12.6. The Kier molecular flexibility index (Phi) is 7.11. The average molecular weight is 398 g/mol. The van der Waals surface area contributed by atoms with Gasteiger partial charge in [-0.3, -0.25) is 9.89 Å². The molecular formula is C21H23N3O3S. The van der Waals surface area contributed by atoms with E-state index in [0.717, 1.165) is 17.1 Å². The van der Waals surface area contributed by atoms with Crippen molar-refractivity contribution in [2.24, 2.45) is 0 Å². The molecule has 0 spiro atoms. The van der Waals surface area contributed by atoms with Gasteiger partial charge in [-0.25, -0.2) is 0 Å². The summed E-state index contributed by atoms with van der Waals surface area (Å²) in [6.45, 7) is -0.0923. The zero-order valence-electron chi connectivity index (χ0n) is 15.6. The SMILES string of the molecule is CSCCC(CO)NC(=O)c1cn[nH]c1-c1ccc(Oc2ccccc2)cc1. The number of aromatic amines is 1. The highest BCUT2D eigenvalue weighted by Crippen LogP contribution is 2.26. The largest absolute Gasteiger partial charge is 0.457 e. The van der Waals surface area contributed by atoms with Crippen molar-refractivity contribution < 1.29 is 14.6 Å². The first kappa shape index (κ1) is 20.0. The number of thioether (sulfide) groups is 1. The second-order valence-corrected chi connectivity index (χ2v) is 7.22. The van der Waals surface area contributed by atoms with Crippen molar-refractivity contribution >= 4 is 17.7 Å². The Labute approximate surface area is 168 Å². The van der Waals surface area contributed by atoms with Gasteiger partial charge in [0.2, 0.25) is 0 Å². The minimum Gasteiger partial charge on any atom is -0.457 e. The average Bonchev–Trinajstić information content (AvgIpc) is 3.22. The molecule has 146 valence electrons. The van der Waals surface area contributed by atoms with Gasteiger partial charge in [0.1, 0.15) is 11.5 Å². The molecule has 1 aromatic heterocycles. The van der Waals surface area contributed by atoms with Crippen molar-refractivity contribution in [2.75, 3.05) is 18.6 Å². The number of H-pyrrole nitrogens is 1.